The minimum absolute atomic E-state index is 0.0172. The first-order valence-corrected chi connectivity index (χ1v) is 9.44. The van der Waals surface area contributed by atoms with E-state index in [1.807, 2.05) is 11.0 Å². The summed E-state index contributed by atoms with van der Waals surface area (Å²) < 4.78 is 25.3. The van der Waals surface area contributed by atoms with Gasteiger partial charge >= 0.3 is 0 Å². The zero-order chi connectivity index (χ0) is 17.2. The number of rotatable bonds is 3. The van der Waals surface area contributed by atoms with E-state index in [2.05, 4.69) is 0 Å². The van der Waals surface area contributed by atoms with Crippen molar-refractivity contribution >= 4 is 17.2 Å². The number of carbonyl (C=O) groups excluding carboxylic acids is 1. The van der Waals surface area contributed by atoms with E-state index in [4.69, 9.17) is 9.47 Å². The minimum Gasteiger partial charge on any atom is -0.348 e. The maximum atomic E-state index is 14.0. The van der Waals surface area contributed by atoms with Gasteiger partial charge < -0.3 is 14.4 Å². The molecule has 0 saturated carbocycles. The molecule has 2 saturated heterocycles. The van der Waals surface area contributed by atoms with Gasteiger partial charge in [-0.1, -0.05) is 18.2 Å². The van der Waals surface area contributed by atoms with Crippen molar-refractivity contribution in [3.05, 3.63) is 47.1 Å². The van der Waals surface area contributed by atoms with Gasteiger partial charge in [-0.3, -0.25) is 4.79 Å². The summed E-state index contributed by atoms with van der Waals surface area (Å²) in [7, 11) is 0. The van der Waals surface area contributed by atoms with E-state index in [1.54, 1.807) is 24.3 Å². The maximum absolute atomic E-state index is 14.0. The van der Waals surface area contributed by atoms with Crippen LogP contribution in [0.2, 0.25) is 0 Å². The average molecular weight is 361 g/mol. The van der Waals surface area contributed by atoms with Crippen LogP contribution in [0.25, 0.3) is 10.4 Å². The number of ether oxygens (including phenoxy) is 2. The first-order chi connectivity index (χ1) is 12.2. The van der Waals surface area contributed by atoms with Crippen molar-refractivity contribution in [2.75, 3.05) is 19.8 Å². The van der Waals surface area contributed by atoms with Crippen LogP contribution >= 0.6 is 11.3 Å². The predicted molar refractivity (Wildman–Crippen MR) is 94.1 cm³/mol. The molecule has 6 heteroatoms. The Morgan fingerprint density at radius 3 is 2.72 bits per heavy atom. The number of piperidine rings is 1. The largest absolute Gasteiger partial charge is 0.348 e. The molecule has 1 atom stereocenters. The molecule has 25 heavy (non-hydrogen) atoms. The van der Waals surface area contributed by atoms with E-state index >= 15 is 0 Å². The van der Waals surface area contributed by atoms with Crippen molar-refractivity contribution in [1.29, 1.82) is 0 Å². The minimum atomic E-state index is -0.324. The van der Waals surface area contributed by atoms with Crippen molar-refractivity contribution in [2.45, 2.75) is 31.6 Å². The van der Waals surface area contributed by atoms with Crippen LogP contribution in [0.5, 0.6) is 0 Å². The first-order valence-electron chi connectivity index (χ1n) is 8.63. The van der Waals surface area contributed by atoms with Gasteiger partial charge in [0.2, 0.25) is 0 Å². The van der Waals surface area contributed by atoms with Crippen molar-refractivity contribution in [2.24, 2.45) is 0 Å². The van der Waals surface area contributed by atoms with E-state index in [1.165, 1.54) is 17.4 Å². The summed E-state index contributed by atoms with van der Waals surface area (Å²) in [6.45, 7) is 1.87. The lowest BCUT2D eigenvalue weighted by atomic mass is 10.0. The second-order valence-electron chi connectivity index (χ2n) is 6.32. The molecule has 0 N–H and O–H groups in total. The van der Waals surface area contributed by atoms with Crippen LogP contribution in [0, 0.1) is 5.82 Å². The second kappa shape index (κ2) is 7.23. The number of benzene rings is 1. The Morgan fingerprint density at radius 1 is 1.12 bits per heavy atom. The van der Waals surface area contributed by atoms with Gasteiger partial charge in [0, 0.05) is 17.0 Å². The van der Waals surface area contributed by atoms with Gasteiger partial charge in [-0.15, -0.1) is 11.3 Å². The normalized spacial score (nSPS) is 21.6. The lowest BCUT2D eigenvalue weighted by Gasteiger charge is -2.37. The molecule has 1 amide bonds. The molecule has 1 aromatic heterocycles. The topological polar surface area (TPSA) is 38.8 Å². The van der Waals surface area contributed by atoms with Gasteiger partial charge in [-0.2, -0.15) is 0 Å². The average Bonchev–Trinajstić information content (AvgIpc) is 3.34. The Balaban J connectivity index is 1.56. The number of halogens is 1. The molecule has 3 heterocycles. The van der Waals surface area contributed by atoms with E-state index in [-0.39, 0.29) is 24.1 Å². The summed E-state index contributed by atoms with van der Waals surface area (Å²) in [5.41, 5.74) is 0.532. The fourth-order valence-electron chi connectivity index (χ4n) is 3.49. The van der Waals surface area contributed by atoms with Crippen molar-refractivity contribution in [1.82, 2.24) is 4.90 Å². The third-order valence-electron chi connectivity index (χ3n) is 4.73. The van der Waals surface area contributed by atoms with Crippen LogP contribution in [-0.2, 0) is 9.47 Å². The summed E-state index contributed by atoms with van der Waals surface area (Å²) >= 11 is 1.33. The predicted octanol–water partition coefficient (Wildman–Crippen LogP) is 3.92. The van der Waals surface area contributed by atoms with Crippen LogP contribution in [0.15, 0.2) is 36.4 Å². The summed E-state index contributed by atoms with van der Waals surface area (Å²) in [5.74, 6) is -0.289. The molecule has 4 nitrogen and oxygen atoms in total. The summed E-state index contributed by atoms with van der Waals surface area (Å²) in [4.78, 5) is 16.3. The Hall–Kier alpha value is -1.76. The number of hydrogen-bond donors (Lipinski definition) is 0. The highest BCUT2D eigenvalue weighted by Crippen LogP contribution is 2.32. The lowest BCUT2D eigenvalue weighted by Crippen LogP contribution is -2.50. The van der Waals surface area contributed by atoms with Crippen LogP contribution in [0.1, 0.15) is 28.9 Å². The molecule has 2 aliphatic rings. The fraction of sp³-hybridized carbons (Fsp3) is 0.421. The molecule has 2 aromatic rings. The molecule has 1 aromatic carbocycles. The Bertz CT molecular complexity index is 757. The summed E-state index contributed by atoms with van der Waals surface area (Å²) in [6, 6.07) is 10.2. The fourth-order valence-corrected chi connectivity index (χ4v) is 4.48. The molecule has 132 valence electrons. The highest BCUT2D eigenvalue weighted by Gasteiger charge is 2.36. The molecule has 0 radical (unpaired) electrons. The lowest BCUT2D eigenvalue weighted by molar-refractivity contribution is -0.100. The SMILES string of the molecule is O=C(c1ccc(-c2ccccc2F)s1)N1CCCC[C@@H]1C1OCCO1. The molecule has 4 rings (SSSR count). The first kappa shape index (κ1) is 16.7. The van der Waals surface area contributed by atoms with Gasteiger partial charge in [0.25, 0.3) is 5.91 Å². The third-order valence-corrected chi connectivity index (χ3v) is 5.83. The molecule has 0 spiro atoms. The van der Waals surface area contributed by atoms with Gasteiger partial charge in [0.05, 0.1) is 24.1 Å². The summed E-state index contributed by atoms with van der Waals surface area (Å²) in [6.07, 6.45) is 2.63. The van der Waals surface area contributed by atoms with E-state index < -0.39 is 0 Å². The van der Waals surface area contributed by atoms with Crippen molar-refractivity contribution in [3.8, 4) is 10.4 Å². The second-order valence-corrected chi connectivity index (χ2v) is 7.40. The van der Waals surface area contributed by atoms with Crippen molar-refractivity contribution in [3.63, 3.8) is 0 Å². The molecule has 0 aliphatic carbocycles. The standard InChI is InChI=1S/C19H20FNO3S/c20-14-6-2-1-5-13(14)16-8-9-17(25-16)18(22)21-10-4-3-7-15(21)19-23-11-12-24-19/h1-2,5-6,8-9,15,19H,3-4,7,10-12H2/t15-/m1/s1. The Kier molecular flexibility index (Phi) is 4.83. The zero-order valence-electron chi connectivity index (χ0n) is 13.8. The van der Waals surface area contributed by atoms with Crippen LogP contribution in [0.4, 0.5) is 4.39 Å². The zero-order valence-corrected chi connectivity index (χ0v) is 14.6. The summed E-state index contributed by atoms with van der Waals surface area (Å²) in [5, 5.41) is 0. The van der Waals surface area contributed by atoms with Gasteiger partial charge in [-0.25, -0.2) is 4.39 Å². The molecular formula is C19H20FNO3S. The number of likely N-dealkylation sites (tertiary alicyclic amines) is 1. The smallest absolute Gasteiger partial charge is 0.264 e. The molecule has 2 aliphatic heterocycles. The van der Waals surface area contributed by atoms with Crippen molar-refractivity contribution < 1.29 is 18.7 Å². The van der Waals surface area contributed by atoms with E-state index in [0.717, 1.165) is 24.1 Å². The third kappa shape index (κ3) is 3.34. The quantitative estimate of drug-likeness (QED) is 0.832. The highest BCUT2D eigenvalue weighted by atomic mass is 32.1. The number of thiophene rings is 1. The molecule has 0 bridgehead atoms. The Labute approximate surface area is 150 Å². The maximum Gasteiger partial charge on any atom is 0.264 e. The number of hydrogen-bond acceptors (Lipinski definition) is 4. The monoisotopic (exact) mass is 361 g/mol. The van der Waals surface area contributed by atoms with E-state index in [9.17, 15) is 9.18 Å². The molecule has 2 fully saturated rings. The van der Waals surface area contributed by atoms with Gasteiger partial charge in [0.1, 0.15) is 5.82 Å². The molecular weight excluding hydrogens is 341 g/mol. The Morgan fingerprint density at radius 2 is 1.92 bits per heavy atom. The molecule has 0 unspecified atom stereocenters. The highest BCUT2D eigenvalue weighted by molar-refractivity contribution is 7.17. The van der Waals surface area contributed by atoms with Crippen LogP contribution < -0.4 is 0 Å². The van der Waals surface area contributed by atoms with Gasteiger partial charge in [-0.05, 0) is 37.5 Å². The number of amides is 1. The van der Waals surface area contributed by atoms with Crippen LogP contribution in [0.3, 0.4) is 0 Å². The van der Waals surface area contributed by atoms with E-state index in [0.29, 0.717) is 30.2 Å². The van der Waals surface area contributed by atoms with Gasteiger partial charge in [0.15, 0.2) is 6.29 Å². The number of carbonyl (C=O) groups is 1. The number of nitrogens with zero attached hydrogens (tertiary/aromatic N) is 1. The van der Waals surface area contributed by atoms with Crippen LogP contribution in [-0.4, -0.2) is 42.9 Å².